The second-order valence-electron chi connectivity index (χ2n) is 5.73. The molecule has 3 heterocycles. The Balaban J connectivity index is 1.86. The summed E-state index contributed by atoms with van der Waals surface area (Å²) in [5.74, 6) is 1.40. The monoisotopic (exact) mass is 284 g/mol. The lowest BCUT2D eigenvalue weighted by Crippen LogP contribution is -2.46. The van der Waals surface area contributed by atoms with E-state index in [2.05, 4.69) is 45.9 Å². The van der Waals surface area contributed by atoms with E-state index in [1.54, 1.807) is 6.20 Å². The fraction of sp³-hybridized carbons (Fsp3) is 0.533. The lowest BCUT2D eigenvalue weighted by Gasteiger charge is -2.34. The first kappa shape index (κ1) is 13.8. The van der Waals surface area contributed by atoms with Gasteiger partial charge < -0.3 is 4.90 Å². The fourth-order valence-corrected chi connectivity index (χ4v) is 2.67. The highest BCUT2D eigenvalue weighted by atomic mass is 15.3. The highest BCUT2D eigenvalue weighted by molar-refractivity contribution is 5.69. The lowest BCUT2D eigenvalue weighted by atomic mass is 10.1. The highest BCUT2D eigenvalue weighted by Gasteiger charge is 2.20. The molecule has 1 aliphatic heterocycles. The molecule has 0 aromatic carbocycles. The number of piperazine rings is 1. The van der Waals surface area contributed by atoms with Crippen LogP contribution in [0.1, 0.15) is 25.5 Å². The smallest absolute Gasteiger partial charge is 0.154 e. The lowest BCUT2D eigenvalue weighted by molar-refractivity contribution is 0.286. The Kier molecular flexibility index (Phi) is 3.76. The van der Waals surface area contributed by atoms with Crippen molar-refractivity contribution >= 4 is 11.3 Å². The van der Waals surface area contributed by atoms with Crippen LogP contribution in [0.15, 0.2) is 18.5 Å². The van der Waals surface area contributed by atoms with E-state index in [-0.39, 0.29) is 0 Å². The van der Waals surface area contributed by atoms with Crippen LogP contribution in [0, 0.1) is 11.3 Å². The molecule has 2 aromatic rings. The molecule has 6 heteroatoms. The van der Waals surface area contributed by atoms with Gasteiger partial charge in [0.05, 0.1) is 18.3 Å². The first-order chi connectivity index (χ1) is 10.2. The summed E-state index contributed by atoms with van der Waals surface area (Å²) >= 11 is 0. The fourth-order valence-electron chi connectivity index (χ4n) is 2.67. The largest absolute Gasteiger partial charge is 0.352 e. The molecule has 1 fully saturated rings. The molecule has 21 heavy (non-hydrogen) atoms. The molecule has 0 aliphatic carbocycles. The van der Waals surface area contributed by atoms with Gasteiger partial charge in [0.2, 0.25) is 0 Å². The van der Waals surface area contributed by atoms with Crippen molar-refractivity contribution in [2.45, 2.75) is 19.8 Å². The van der Waals surface area contributed by atoms with E-state index in [0.717, 1.165) is 43.2 Å². The first-order valence-electron chi connectivity index (χ1n) is 7.37. The average molecular weight is 284 g/mol. The van der Waals surface area contributed by atoms with Crippen LogP contribution in [0.5, 0.6) is 0 Å². The topological polar surface area (TPSA) is 60.5 Å². The molecule has 1 aliphatic rings. The number of fused-ring (bicyclic) bond motifs is 1. The van der Waals surface area contributed by atoms with Crippen LogP contribution in [0.3, 0.4) is 0 Å². The van der Waals surface area contributed by atoms with Crippen molar-refractivity contribution in [2.75, 3.05) is 37.6 Å². The molecule has 0 saturated carbocycles. The molecule has 2 aromatic heterocycles. The van der Waals surface area contributed by atoms with Crippen molar-refractivity contribution in [1.82, 2.24) is 19.5 Å². The third-order valence-corrected chi connectivity index (χ3v) is 3.95. The predicted molar refractivity (Wildman–Crippen MR) is 81.3 cm³/mol. The Bertz CT molecular complexity index is 660. The number of rotatable bonds is 3. The minimum Gasteiger partial charge on any atom is -0.352 e. The highest BCUT2D eigenvalue weighted by Crippen LogP contribution is 2.23. The standard InChI is InChI=1S/C15H20N6/c1-12(2)13-11-14-15(17-4-6-21(14)18-13)20-9-7-19(5-3-16)8-10-20/h4,6,11-12H,5,7-10H2,1-2H3. The number of nitrogens with zero attached hydrogens (tertiary/aromatic N) is 6. The molecule has 0 radical (unpaired) electrons. The number of hydrogen-bond acceptors (Lipinski definition) is 5. The third kappa shape index (κ3) is 2.69. The summed E-state index contributed by atoms with van der Waals surface area (Å²) in [6.45, 7) is 8.41. The summed E-state index contributed by atoms with van der Waals surface area (Å²) in [5.41, 5.74) is 2.15. The number of anilines is 1. The Hall–Kier alpha value is -2.13. The minimum atomic E-state index is 0.408. The van der Waals surface area contributed by atoms with Crippen LogP contribution < -0.4 is 4.90 Å². The van der Waals surface area contributed by atoms with Crippen LogP contribution in [-0.4, -0.2) is 52.2 Å². The van der Waals surface area contributed by atoms with Gasteiger partial charge in [0, 0.05) is 38.6 Å². The second kappa shape index (κ2) is 5.70. The van der Waals surface area contributed by atoms with Gasteiger partial charge in [-0.15, -0.1) is 0 Å². The van der Waals surface area contributed by atoms with Gasteiger partial charge in [-0.3, -0.25) is 4.90 Å². The molecule has 0 bridgehead atoms. The summed E-state index contributed by atoms with van der Waals surface area (Å²) in [6, 6.07) is 4.35. The summed E-state index contributed by atoms with van der Waals surface area (Å²) in [5, 5.41) is 13.4. The maximum absolute atomic E-state index is 8.77. The van der Waals surface area contributed by atoms with Crippen LogP contribution in [0.4, 0.5) is 5.82 Å². The maximum Gasteiger partial charge on any atom is 0.154 e. The zero-order chi connectivity index (χ0) is 14.8. The van der Waals surface area contributed by atoms with Crippen molar-refractivity contribution in [3.8, 4) is 6.07 Å². The minimum absolute atomic E-state index is 0.408. The van der Waals surface area contributed by atoms with Gasteiger partial charge in [0.25, 0.3) is 0 Å². The van der Waals surface area contributed by atoms with Gasteiger partial charge in [-0.25, -0.2) is 9.50 Å². The molecule has 0 amide bonds. The van der Waals surface area contributed by atoms with E-state index < -0.39 is 0 Å². The van der Waals surface area contributed by atoms with Crippen LogP contribution in [-0.2, 0) is 0 Å². The molecule has 6 nitrogen and oxygen atoms in total. The van der Waals surface area contributed by atoms with E-state index in [9.17, 15) is 0 Å². The zero-order valence-corrected chi connectivity index (χ0v) is 12.5. The van der Waals surface area contributed by atoms with Crippen LogP contribution in [0.25, 0.3) is 5.52 Å². The normalized spacial score (nSPS) is 16.6. The van der Waals surface area contributed by atoms with E-state index in [1.165, 1.54) is 0 Å². The summed E-state index contributed by atoms with van der Waals surface area (Å²) in [7, 11) is 0. The molecule has 0 unspecified atom stereocenters. The van der Waals surface area contributed by atoms with Crippen molar-refractivity contribution in [3.05, 3.63) is 24.2 Å². The van der Waals surface area contributed by atoms with Crippen molar-refractivity contribution in [2.24, 2.45) is 0 Å². The molecule has 0 N–H and O–H groups in total. The Morgan fingerprint density at radius 1 is 1.29 bits per heavy atom. The van der Waals surface area contributed by atoms with E-state index >= 15 is 0 Å². The molecule has 0 atom stereocenters. The Morgan fingerprint density at radius 2 is 2.05 bits per heavy atom. The van der Waals surface area contributed by atoms with Gasteiger partial charge in [-0.1, -0.05) is 13.8 Å². The number of nitriles is 1. The molecule has 0 spiro atoms. The van der Waals surface area contributed by atoms with Gasteiger partial charge in [0.1, 0.15) is 5.52 Å². The van der Waals surface area contributed by atoms with Gasteiger partial charge in [-0.2, -0.15) is 10.4 Å². The average Bonchev–Trinajstić information content (AvgIpc) is 2.93. The molecule has 110 valence electrons. The molecule has 1 saturated heterocycles. The predicted octanol–water partition coefficient (Wildman–Crippen LogP) is 1.50. The Morgan fingerprint density at radius 3 is 2.71 bits per heavy atom. The van der Waals surface area contributed by atoms with Crippen molar-refractivity contribution < 1.29 is 0 Å². The summed E-state index contributed by atoms with van der Waals surface area (Å²) < 4.78 is 1.92. The molecular formula is C15H20N6. The maximum atomic E-state index is 8.77. The van der Waals surface area contributed by atoms with Crippen molar-refractivity contribution in [1.29, 1.82) is 5.26 Å². The summed E-state index contributed by atoms with van der Waals surface area (Å²) in [6.07, 6.45) is 3.71. The van der Waals surface area contributed by atoms with Crippen LogP contribution >= 0.6 is 0 Å². The molecular weight excluding hydrogens is 264 g/mol. The van der Waals surface area contributed by atoms with E-state index in [0.29, 0.717) is 12.5 Å². The third-order valence-electron chi connectivity index (χ3n) is 3.95. The SMILES string of the molecule is CC(C)c1cc2c(N3CCN(CC#N)CC3)nccn2n1. The van der Waals surface area contributed by atoms with Gasteiger partial charge >= 0.3 is 0 Å². The number of hydrogen-bond donors (Lipinski definition) is 0. The Labute approximate surface area is 124 Å². The zero-order valence-electron chi connectivity index (χ0n) is 12.5. The van der Waals surface area contributed by atoms with E-state index in [4.69, 9.17) is 5.26 Å². The summed E-state index contributed by atoms with van der Waals surface area (Å²) in [4.78, 5) is 9.02. The first-order valence-corrected chi connectivity index (χ1v) is 7.37. The van der Waals surface area contributed by atoms with Gasteiger partial charge in [-0.05, 0) is 12.0 Å². The van der Waals surface area contributed by atoms with Crippen molar-refractivity contribution in [3.63, 3.8) is 0 Å². The number of aromatic nitrogens is 3. The molecule has 3 rings (SSSR count). The van der Waals surface area contributed by atoms with E-state index in [1.807, 2.05) is 10.7 Å². The second-order valence-corrected chi connectivity index (χ2v) is 5.73. The van der Waals surface area contributed by atoms with Gasteiger partial charge in [0.15, 0.2) is 5.82 Å². The quantitative estimate of drug-likeness (QED) is 0.799. The van der Waals surface area contributed by atoms with Crippen LogP contribution in [0.2, 0.25) is 0 Å².